The minimum atomic E-state index is -0.743. The summed E-state index contributed by atoms with van der Waals surface area (Å²) in [6.07, 6.45) is 0. The van der Waals surface area contributed by atoms with Crippen LogP contribution in [-0.4, -0.2) is 29.4 Å². The molecule has 0 aromatic carbocycles. The van der Waals surface area contributed by atoms with Gasteiger partial charge in [-0.2, -0.15) is 0 Å². The van der Waals surface area contributed by atoms with Crippen molar-refractivity contribution < 1.29 is 9.59 Å². The van der Waals surface area contributed by atoms with Gasteiger partial charge < -0.3 is 16.4 Å². The summed E-state index contributed by atoms with van der Waals surface area (Å²) >= 11 is 5.81. The summed E-state index contributed by atoms with van der Waals surface area (Å²) in [5.41, 5.74) is 5.38. The lowest BCUT2D eigenvalue weighted by Crippen LogP contribution is -2.42. The van der Waals surface area contributed by atoms with Crippen molar-refractivity contribution in [3.63, 3.8) is 0 Å². The highest BCUT2D eigenvalue weighted by molar-refractivity contribution is 6.29. The van der Waals surface area contributed by atoms with Crippen molar-refractivity contribution in [3.8, 4) is 0 Å². The average Bonchev–Trinajstić information content (AvgIpc) is 2.28. The number of hydrogen-bond donors (Lipinski definition) is 3. The van der Waals surface area contributed by atoms with Gasteiger partial charge >= 0.3 is 0 Å². The van der Waals surface area contributed by atoms with Crippen LogP contribution >= 0.6 is 11.6 Å². The summed E-state index contributed by atoms with van der Waals surface area (Å²) < 4.78 is 0. The van der Waals surface area contributed by atoms with Gasteiger partial charge in [0.1, 0.15) is 17.0 Å². The number of amides is 2. The first-order valence-corrected chi connectivity index (χ1v) is 5.83. The van der Waals surface area contributed by atoms with E-state index in [-0.39, 0.29) is 5.15 Å². The first-order chi connectivity index (χ1) is 8.43. The molecule has 0 spiro atoms. The minimum absolute atomic E-state index is 0.199. The highest BCUT2D eigenvalue weighted by Gasteiger charge is 2.15. The smallest absolute Gasteiger partial charge is 0.252 e. The molecule has 98 valence electrons. The predicted octanol–water partition coefficient (Wildman–Crippen LogP) is 0.770. The van der Waals surface area contributed by atoms with Crippen LogP contribution in [-0.2, 0) is 4.79 Å². The molecule has 0 saturated heterocycles. The summed E-state index contributed by atoms with van der Waals surface area (Å²) in [7, 11) is 0. The van der Waals surface area contributed by atoms with E-state index in [4.69, 9.17) is 17.3 Å². The van der Waals surface area contributed by atoms with Crippen molar-refractivity contribution in [2.45, 2.75) is 19.9 Å². The van der Waals surface area contributed by atoms with E-state index in [0.717, 1.165) is 0 Å². The molecule has 0 aliphatic carbocycles. The summed E-state index contributed by atoms with van der Waals surface area (Å²) in [6.45, 7) is 4.07. The van der Waals surface area contributed by atoms with Crippen molar-refractivity contribution in [1.29, 1.82) is 0 Å². The molecular weight excluding hydrogens is 256 g/mol. The Labute approximate surface area is 110 Å². The van der Waals surface area contributed by atoms with Crippen LogP contribution in [0.3, 0.4) is 0 Å². The molecule has 2 amide bonds. The largest absolute Gasteiger partial charge is 0.370 e. The number of carbonyl (C=O) groups is 2. The molecule has 1 unspecified atom stereocenters. The number of nitrogens with one attached hydrogen (secondary N) is 2. The summed E-state index contributed by atoms with van der Waals surface area (Å²) in [6, 6.07) is 2.23. The van der Waals surface area contributed by atoms with Crippen molar-refractivity contribution in [2.75, 3.05) is 11.9 Å². The van der Waals surface area contributed by atoms with E-state index in [0.29, 0.717) is 17.9 Å². The van der Waals surface area contributed by atoms with E-state index in [2.05, 4.69) is 15.6 Å². The Bertz CT molecular complexity index is 464. The van der Waals surface area contributed by atoms with Gasteiger partial charge in [0, 0.05) is 12.1 Å². The zero-order chi connectivity index (χ0) is 13.7. The van der Waals surface area contributed by atoms with Gasteiger partial charge in [-0.1, -0.05) is 11.6 Å². The summed E-state index contributed by atoms with van der Waals surface area (Å²) in [4.78, 5) is 26.7. The molecule has 0 bridgehead atoms. The number of aromatic nitrogens is 1. The molecule has 4 N–H and O–H groups in total. The first-order valence-electron chi connectivity index (χ1n) is 5.45. The first kappa shape index (κ1) is 14.2. The zero-order valence-electron chi connectivity index (χ0n) is 10.2. The van der Waals surface area contributed by atoms with Crippen LogP contribution in [0.25, 0.3) is 0 Å². The molecule has 1 rings (SSSR count). The van der Waals surface area contributed by atoms with Crippen LogP contribution in [0.5, 0.6) is 0 Å². The van der Waals surface area contributed by atoms with Crippen LogP contribution in [0, 0.1) is 0 Å². The number of rotatable bonds is 5. The number of hydrogen-bond acceptors (Lipinski definition) is 4. The standard InChI is InChI=1S/C11H15ClN4O2/c1-3-14-9-5-7(4-8(12)16-9)11(18)15-6(2)10(13)17/h4-6H,3H2,1-2H3,(H2,13,17)(H,14,16)(H,15,18). The quantitative estimate of drug-likeness (QED) is 0.689. The molecular formula is C11H15ClN4O2. The minimum Gasteiger partial charge on any atom is -0.370 e. The van der Waals surface area contributed by atoms with E-state index in [9.17, 15) is 9.59 Å². The maximum atomic E-state index is 11.8. The van der Waals surface area contributed by atoms with Gasteiger partial charge in [0.15, 0.2) is 0 Å². The fourth-order valence-electron chi connectivity index (χ4n) is 1.25. The SMILES string of the molecule is CCNc1cc(C(=O)NC(C)C(N)=O)cc(Cl)n1. The van der Waals surface area contributed by atoms with Gasteiger partial charge in [0.25, 0.3) is 5.91 Å². The van der Waals surface area contributed by atoms with Gasteiger partial charge in [0.05, 0.1) is 0 Å². The van der Waals surface area contributed by atoms with E-state index in [1.165, 1.54) is 13.0 Å². The van der Waals surface area contributed by atoms with Gasteiger partial charge in [-0.05, 0) is 26.0 Å². The fraction of sp³-hybridized carbons (Fsp3) is 0.364. The maximum absolute atomic E-state index is 11.8. The maximum Gasteiger partial charge on any atom is 0.252 e. The second-order valence-corrected chi connectivity index (χ2v) is 4.08. The molecule has 1 aromatic heterocycles. The molecule has 0 aliphatic heterocycles. The monoisotopic (exact) mass is 270 g/mol. The van der Waals surface area contributed by atoms with Gasteiger partial charge in [-0.25, -0.2) is 4.98 Å². The van der Waals surface area contributed by atoms with Crippen LogP contribution in [0.4, 0.5) is 5.82 Å². The highest BCUT2D eigenvalue weighted by atomic mass is 35.5. The molecule has 7 heteroatoms. The number of halogens is 1. The van der Waals surface area contributed by atoms with Crippen LogP contribution < -0.4 is 16.4 Å². The third kappa shape index (κ3) is 3.89. The second kappa shape index (κ2) is 6.20. The van der Waals surface area contributed by atoms with Crippen molar-refractivity contribution in [1.82, 2.24) is 10.3 Å². The number of nitrogens with two attached hydrogens (primary N) is 1. The number of carbonyl (C=O) groups excluding carboxylic acids is 2. The Balaban J connectivity index is 2.88. The highest BCUT2D eigenvalue weighted by Crippen LogP contribution is 2.14. The van der Waals surface area contributed by atoms with Gasteiger partial charge in [0.2, 0.25) is 5.91 Å². The number of pyridine rings is 1. The Hall–Kier alpha value is -1.82. The lowest BCUT2D eigenvalue weighted by Gasteiger charge is -2.11. The van der Waals surface area contributed by atoms with Gasteiger partial charge in [-0.15, -0.1) is 0 Å². The molecule has 1 aromatic rings. The number of anilines is 1. The third-order valence-electron chi connectivity index (χ3n) is 2.19. The molecule has 18 heavy (non-hydrogen) atoms. The van der Waals surface area contributed by atoms with Crippen LogP contribution in [0.2, 0.25) is 5.15 Å². The Morgan fingerprint density at radius 3 is 2.72 bits per heavy atom. The Morgan fingerprint density at radius 1 is 1.50 bits per heavy atom. The Morgan fingerprint density at radius 2 is 2.17 bits per heavy atom. The van der Waals surface area contributed by atoms with E-state index in [1.807, 2.05) is 6.92 Å². The average molecular weight is 271 g/mol. The summed E-state index contributed by atoms with van der Waals surface area (Å²) in [5.74, 6) is -0.526. The molecule has 0 saturated carbocycles. The van der Waals surface area contributed by atoms with Crippen molar-refractivity contribution in [3.05, 3.63) is 22.8 Å². The lowest BCUT2D eigenvalue weighted by atomic mass is 10.2. The molecule has 1 heterocycles. The fourth-order valence-corrected chi connectivity index (χ4v) is 1.46. The predicted molar refractivity (Wildman–Crippen MR) is 69.5 cm³/mol. The molecule has 6 nitrogen and oxygen atoms in total. The lowest BCUT2D eigenvalue weighted by molar-refractivity contribution is -0.119. The number of nitrogens with zero attached hydrogens (tertiary/aromatic N) is 1. The van der Waals surface area contributed by atoms with E-state index < -0.39 is 17.9 Å². The summed E-state index contributed by atoms with van der Waals surface area (Å²) in [5, 5.41) is 5.62. The normalized spacial score (nSPS) is 11.7. The number of primary amides is 1. The van der Waals surface area contributed by atoms with Crippen molar-refractivity contribution >= 4 is 29.2 Å². The molecule has 0 aliphatic rings. The third-order valence-corrected chi connectivity index (χ3v) is 2.38. The van der Waals surface area contributed by atoms with Crippen LogP contribution in [0.15, 0.2) is 12.1 Å². The molecule has 0 radical (unpaired) electrons. The van der Waals surface area contributed by atoms with E-state index in [1.54, 1.807) is 6.07 Å². The Kier molecular flexibility index (Phi) is 4.91. The van der Waals surface area contributed by atoms with Crippen molar-refractivity contribution in [2.24, 2.45) is 5.73 Å². The molecule has 1 atom stereocenters. The zero-order valence-corrected chi connectivity index (χ0v) is 10.9. The van der Waals surface area contributed by atoms with Gasteiger partial charge in [-0.3, -0.25) is 9.59 Å². The van der Waals surface area contributed by atoms with Crippen LogP contribution in [0.1, 0.15) is 24.2 Å². The second-order valence-electron chi connectivity index (χ2n) is 3.69. The molecule has 0 fully saturated rings. The van der Waals surface area contributed by atoms with E-state index >= 15 is 0 Å². The topological polar surface area (TPSA) is 97.1 Å².